The van der Waals surface area contributed by atoms with Gasteiger partial charge in [0.1, 0.15) is 0 Å². The molecule has 3 N–H and O–H groups in total. The molecule has 0 aromatic heterocycles. The van der Waals surface area contributed by atoms with Crippen LogP contribution in [0.15, 0.2) is 0 Å². The molecule has 1 fully saturated rings. The van der Waals surface area contributed by atoms with E-state index in [2.05, 4.69) is 4.84 Å². The van der Waals surface area contributed by atoms with Gasteiger partial charge in [-0.2, -0.15) is 0 Å². The Morgan fingerprint density at radius 1 is 1.41 bits per heavy atom. The van der Waals surface area contributed by atoms with Crippen molar-refractivity contribution < 1.29 is 24.6 Å². The number of carbonyl (C=O) groups excluding carboxylic acids is 1. The van der Waals surface area contributed by atoms with Crippen LogP contribution in [-0.2, 0) is 9.63 Å². The van der Waals surface area contributed by atoms with Crippen molar-refractivity contribution in [3.05, 3.63) is 0 Å². The van der Waals surface area contributed by atoms with Gasteiger partial charge >= 0.3 is 12.0 Å². The fourth-order valence-electron chi connectivity index (χ4n) is 1.94. The number of nitrogens with zero attached hydrogens (tertiary/aromatic N) is 1. The van der Waals surface area contributed by atoms with Crippen molar-refractivity contribution in [2.45, 2.75) is 31.3 Å². The summed E-state index contributed by atoms with van der Waals surface area (Å²) in [6.07, 6.45) is 3.28. The second kappa shape index (κ2) is 5.83. The van der Waals surface area contributed by atoms with E-state index in [4.69, 9.17) is 5.11 Å². The minimum Gasteiger partial charge on any atom is -0.479 e. The number of nitrogens with one attached hydrogen (secondary N) is 1. The van der Waals surface area contributed by atoms with E-state index in [9.17, 15) is 14.7 Å². The molecular weight excluding hydrogens is 228 g/mol. The van der Waals surface area contributed by atoms with Crippen LogP contribution in [0.1, 0.15) is 25.7 Å². The number of aliphatic carboxylic acids is 1. The highest BCUT2D eigenvalue weighted by Crippen LogP contribution is 2.29. The Balaban J connectivity index is 2.28. The molecule has 7 nitrogen and oxygen atoms in total. The SMILES string of the molecule is CN(CC1(O)CCCC1)C(=O)NOCC(=O)O. The summed E-state index contributed by atoms with van der Waals surface area (Å²) >= 11 is 0. The maximum absolute atomic E-state index is 11.4. The van der Waals surface area contributed by atoms with Gasteiger partial charge in [0.2, 0.25) is 0 Å². The quantitative estimate of drug-likeness (QED) is 0.591. The number of rotatable bonds is 5. The molecular formula is C10H18N2O5. The Hall–Kier alpha value is -1.34. The van der Waals surface area contributed by atoms with Crippen LogP contribution in [0.5, 0.6) is 0 Å². The van der Waals surface area contributed by atoms with Crippen LogP contribution < -0.4 is 5.48 Å². The highest BCUT2D eigenvalue weighted by Gasteiger charge is 2.33. The third kappa shape index (κ3) is 4.58. The van der Waals surface area contributed by atoms with Crippen LogP contribution >= 0.6 is 0 Å². The maximum Gasteiger partial charge on any atom is 0.341 e. The van der Waals surface area contributed by atoms with Gasteiger partial charge in [-0.15, -0.1) is 0 Å². The standard InChI is InChI=1S/C10H18N2O5/c1-12(7-10(16)4-2-3-5-10)9(15)11-17-6-8(13)14/h16H,2-7H2,1H3,(H,11,15)(H,13,14). The smallest absolute Gasteiger partial charge is 0.341 e. The van der Waals surface area contributed by atoms with Crippen molar-refractivity contribution in [3.8, 4) is 0 Å². The number of carboxylic acids is 1. The molecule has 0 heterocycles. The number of hydrogen-bond acceptors (Lipinski definition) is 4. The maximum atomic E-state index is 11.4. The van der Waals surface area contributed by atoms with Crippen molar-refractivity contribution in [3.63, 3.8) is 0 Å². The highest BCUT2D eigenvalue weighted by atomic mass is 16.7. The van der Waals surface area contributed by atoms with Gasteiger partial charge in [0.15, 0.2) is 6.61 Å². The highest BCUT2D eigenvalue weighted by molar-refractivity contribution is 5.73. The van der Waals surface area contributed by atoms with E-state index < -0.39 is 24.2 Å². The molecule has 0 bridgehead atoms. The number of urea groups is 1. The summed E-state index contributed by atoms with van der Waals surface area (Å²) in [7, 11) is 1.52. The predicted octanol–water partition coefficient (Wildman–Crippen LogP) is -0.0509. The lowest BCUT2D eigenvalue weighted by molar-refractivity contribution is -0.144. The summed E-state index contributed by atoms with van der Waals surface area (Å²) in [4.78, 5) is 27.3. The Morgan fingerprint density at radius 2 is 2.00 bits per heavy atom. The minimum absolute atomic E-state index is 0.218. The first-order valence-electron chi connectivity index (χ1n) is 5.50. The van der Waals surface area contributed by atoms with Gasteiger partial charge in [0.05, 0.1) is 12.1 Å². The molecule has 0 aromatic rings. The van der Waals surface area contributed by atoms with E-state index in [1.54, 1.807) is 0 Å². The van der Waals surface area contributed by atoms with Crippen LogP contribution in [0.4, 0.5) is 4.79 Å². The van der Waals surface area contributed by atoms with E-state index in [1.165, 1.54) is 11.9 Å². The molecule has 0 aliphatic heterocycles. The number of amides is 2. The number of hydroxylamine groups is 1. The summed E-state index contributed by atoms with van der Waals surface area (Å²) in [6.45, 7) is -0.376. The first-order chi connectivity index (χ1) is 7.93. The first kappa shape index (κ1) is 13.7. The van der Waals surface area contributed by atoms with Crippen molar-refractivity contribution in [2.24, 2.45) is 0 Å². The average Bonchev–Trinajstić information content (AvgIpc) is 2.64. The first-order valence-corrected chi connectivity index (χ1v) is 5.50. The monoisotopic (exact) mass is 246 g/mol. The van der Waals surface area contributed by atoms with Gasteiger partial charge in [-0.05, 0) is 12.8 Å². The Kier molecular flexibility index (Phi) is 4.71. The largest absolute Gasteiger partial charge is 0.479 e. The molecule has 7 heteroatoms. The lowest BCUT2D eigenvalue weighted by Gasteiger charge is -2.28. The molecule has 0 aromatic carbocycles. The van der Waals surface area contributed by atoms with E-state index in [-0.39, 0.29) is 6.54 Å². The fourth-order valence-corrected chi connectivity index (χ4v) is 1.94. The number of carboxylic acid groups (broad SMARTS) is 1. The summed E-state index contributed by atoms with van der Waals surface area (Å²) in [5, 5.41) is 18.4. The number of carbonyl (C=O) groups is 2. The molecule has 98 valence electrons. The molecule has 0 radical (unpaired) electrons. The zero-order valence-electron chi connectivity index (χ0n) is 9.81. The molecule has 1 saturated carbocycles. The molecule has 2 amide bonds. The van der Waals surface area contributed by atoms with Crippen LogP contribution in [0.25, 0.3) is 0 Å². The third-order valence-electron chi connectivity index (χ3n) is 2.77. The normalized spacial score (nSPS) is 17.8. The van der Waals surface area contributed by atoms with Crippen molar-refractivity contribution in [1.29, 1.82) is 0 Å². The number of hydrogen-bond donors (Lipinski definition) is 3. The summed E-state index contributed by atoms with van der Waals surface area (Å²) < 4.78 is 0. The molecule has 17 heavy (non-hydrogen) atoms. The average molecular weight is 246 g/mol. The molecule has 0 spiro atoms. The molecule has 0 atom stereocenters. The van der Waals surface area contributed by atoms with Crippen LogP contribution in [-0.4, -0.2) is 52.9 Å². The van der Waals surface area contributed by atoms with Gasteiger partial charge in [0, 0.05) is 7.05 Å². The van der Waals surface area contributed by atoms with E-state index >= 15 is 0 Å². The minimum atomic E-state index is -1.16. The van der Waals surface area contributed by atoms with E-state index in [1.807, 2.05) is 5.48 Å². The van der Waals surface area contributed by atoms with E-state index in [0.29, 0.717) is 12.8 Å². The van der Waals surface area contributed by atoms with Crippen LogP contribution in [0.3, 0.4) is 0 Å². The lowest BCUT2D eigenvalue weighted by atomic mass is 10.0. The van der Waals surface area contributed by atoms with Crippen molar-refractivity contribution >= 4 is 12.0 Å². The Bertz CT molecular complexity index is 288. The lowest BCUT2D eigenvalue weighted by Crippen LogP contribution is -2.46. The molecule has 1 aliphatic rings. The van der Waals surface area contributed by atoms with Crippen LogP contribution in [0, 0.1) is 0 Å². The summed E-state index contributed by atoms with van der Waals surface area (Å²) in [6, 6.07) is -0.563. The van der Waals surface area contributed by atoms with Crippen molar-refractivity contribution in [2.75, 3.05) is 20.2 Å². The topological polar surface area (TPSA) is 99.1 Å². The second-order valence-electron chi connectivity index (χ2n) is 4.38. The zero-order chi connectivity index (χ0) is 12.9. The van der Waals surface area contributed by atoms with Gasteiger partial charge in [0.25, 0.3) is 0 Å². The Labute approximate surface area is 99.3 Å². The van der Waals surface area contributed by atoms with E-state index in [0.717, 1.165) is 12.8 Å². The molecule has 1 aliphatic carbocycles. The zero-order valence-corrected chi connectivity index (χ0v) is 9.81. The van der Waals surface area contributed by atoms with Gasteiger partial charge in [-0.3, -0.25) is 4.84 Å². The van der Waals surface area contributed by atoms with Crippen LogP contribution in [0.2, 0.25) is 0 Å². The third-order valence-corrected chi connectivity index (χ3v) is 2.77. The summed E-state index contributed by atoms with van der Waals surface area (Å²) in [5.41, 5.74) is 1.18. The van der Waals surface area contributed by atoms with Gasteiger partial charge in [-0.25, -0.2) is 15.1 Å². The Morgan fingerprint density at radius 3 is 2.53 bits per heavy atom. The van der Waals surface area contributed by atoms with Gasteiger partial charge in [-0.1, -0.05) is 12.8 Å². The predicted molar refractivity (Wildman–Crippen MR) is 58.2 cm³/mol. The number of likely N-dealkylation sites (N-methyl/N-ethyl adjacent to an activating group) is 1. The van der Waals surface area contributed by atoms with Gasteiger partial charge < -0.3 is 15.1 Å². The molecule has 0 saturated heterocycles. The fraction of sp³-hybridized carbons (Fsp3) is 0.800. The summed E-state index contributed by atoms with van der Waals surface area (Å²) in [5.74, 6) is -1.16. The molecule has 1 rings (SSSR count). The van der Waals surface area contributed by atoms with Crippen molar-refractivity contribution in [1.82, 2.24) is 10.4 Å². The second-order valence-corrected chi connectivity index (χ2v) is 4.38. The number of aliphatic hydroxyl groups is 1. The molecule has 0 unspecified atom stereocenters.